The van der Waals surface area contributed by atoms with Crippen LogP contribution in [0.25, 0.3) is 11.4 Å². The van der Waals surface area contributed by atoms with Gasteiger partial charge in [0.1, 0.15) is 0 Å². The zero-order valence-corrected chi connectivity index (χ0v) is 18.6. The summed E-state index contributed by atoms with van der Waals surface area (Å²) in [4.78, 5) is 26.7. The molecule has 0 radical (unpaired) electrons. The lowest BCUT2D eigenvalue weighted by Crippen LogP contribution is -2.42. The van der Waals surface area contributed by atoms with Crippen molar-refractivity contribution in [3.05, 3.63) is 64.1 Å². The second-order valence-electron chi connectivity index (χ2n) is 7.92. The lowest BCUT2D eigenvalue weighted by atomic mass is 10.1. The Labute approximate surface area is 185 Å². The molecule has 2 aromatic carbocycles. The molecule has 2 heterocycles. The maximum atomic E-state index is 13.2. The molecule has 1 unspecified atom stereocenters. The quantitative estimate of drug-likeness (QED) is 0.607. The third-order valence-electron chi connectivity index (χ3n) is 5.64. The summed E-state index contributed by atoms with van der Waals surface area (Å²) in [6.07, 6.45) is 2.66. The van der Waals surface area contributed by atoms with Crippen LogP contribution in [0.15, 0.2) is 56.7 Å². The summed E-state index contributed by atoms with van der Waals surface area (Å²) in [5.74, 6) is -0.867. The molecule has 4 rings (SSSR count). The van der Waals surface area contributed by atoms with E-state index in [1.54, 1.807) is 43.3 Å². The molecule has 1 aliphatic heterocycles. The highest BCUT2D eigenvalue weighted by atomic mass is 32.2. The van der Waals surface area contributed by atoms with Crippen LogP contribution in [0, 0.1) is 6.92 Å². The number of aromatic nitrogens is 2. The van der Waals surface area contributed by atoms with Gasteiger partial charge in [-0.3, -0.25) is 14.3 Å². The van der Waals surface area contributed by atoms with Crippen LogP contribution in [-0.2, 0) is 10.0 Å². The van der Waals surface area contributed by atoms with Crippen LogP contribution in [-0.4, -0.2) is 41.4 Å². The standard InChI is InChI=1S/C22H24N4O5S/c1-14-9-10-18(32(29,30)26-11-4-3-6-15(26)2)13-19(14)21(27)23-17-8-5-7-16(12-17)20-24-22(28)31-25-20/h5,7-10,12-13,15H,3-4,6,11H2,1-2H3,(H,23,27)(H,24,25,28). The maximum Gasteiger partial charge on any atom is 0.439 e. The van der Waals surface area contributed by atoms with Crippen molar-refractivity contribution in [2.75, 3.05) is 11.9 Å². The highest BCUT2D eigenvalue weighted by Gasteiger charge is 2.31. The number of amides is 1. The number of nitrogens with one attached hydrogen (secondary N) is 2. The number of carbonyl (C=O) groups excluding carboxylic acids is 1. The highest BCUT2D eigenvalue weighted by molar-refractivity contribution is 7.89. The molecule has 0 spiro atoms. The predicted octanol–water partition coefficient (Wildman–Crippen LogP) is 3.15. The number of aromatic amines is 1. The van der Waals surface area contributed by atoms with Crippen molar-refractivity contribution in [3.63, 3.8) is 0 Å². The van der Waals surface area contributed by atoms with E-state index in [1.807, 2.05) is 6.92 Å². The molecular formula is C22H24N4O5S. The largest absolute Gasteiger partial charge is 0.439 e. The van der Waals surface area contributed by atoms with Crippen molar-refractivity contribution in [2.24, 2.45) is 0 Å². The van der Waals surface area contributed by atoms with Crippen LogP contribution >= 0.6 is 0 Å². The van der Waals surface area contributed by atoms with Crippen molar-refractivity contribution >= 4 is 21.6 Å². The van der Waals surface area contributed by atoms with Crippen LogP contribution in [0.5, 0.6) is 0 Å². The lowest BCUT2D eigenvalue weighted by molar-refractivity contribution is 0.102. The van der Waals surface area contributed by atoms with Gasteiger partial charge in [-0.1, -0.05) is 29.8 Å². The van der Waals surface area contributed by atoms with E-state index in [0.29, 0.717) is 23.4 Å². The van der Waals surface area contributed by atoms with Gasteiger partial charge in [0.05, 0.1) is 4.90 Å². The first-order valence-electron chi connectivity index (χ1n) is 10.4. The van der Waals surface area contributed by atoms with Crippen LogP contribution in [0.2, 0.25) is 0 Å². The fraction of sp³-hybridized carbons (Fsp3) is 0.318. The zero-order chi connectivity index (χ0) is 22.9. The Kier molecular flexibility index (Phi) is 5.98. The minimum Gasteiger partial charge on any atom is -0.322 e. The van der Waals surface area contributed by atoms with Gasteiger partial charge in [-0.05, 0) is 56.5 Å². The summed E-state index contributed by atoms with van der Waals surface area (Å²) < 4.78 is 32.4. The van der Waals surface area contributed by atoms with Gasteiger partial charge >= 0.3 is 5.76 Å². The summed E-state index contributed by atoms with van der Waals surface area (Å²) in [6, 6.07) is 11.3. The molecule has 0 bridgehead atoms. The average molecular weight is 457 g/mol. The van der Waals surface area contributed by atoms with Crippen molar-refractivity contribution in [1.29, 1.82) is 0 Å². The number of rotatable bonds is 5. The number of H-pyrrole nitrogens is 1. The SMILES string of the molecule is Cc1ccc(S(=O)(=O)N2CCCCC2C)cc1C(=O)Nc1cccc(-c2noc(=O)[nH]2)c1. The van der Waals surface area contributed by atoms with E-state index in [-0.39, 0.29) is 22.3 Å². The summed E-state index contributed by atoms with van der Waals surface area (Å²) in [5, 5.41) is 6.43. The van der Waals surface area contributed by atoms with E-state index >= 15 is 0 Å². The Bertz CT molecular complexity index is 1310. The Morgan fingerprint density at radius 2 is 2.03 bits per heavy atom. The molecule has 0 saturated carbocycles. The van der Waals surface area contributed by atoms with Gasteiger partial charge in [0, 0.05) is 29.4 Å². The molecule has 1 aliphatic rings. The third kappa shape index (κ3) is 4.37. The molecule has 3 aromatic rings. The van der Waals surface area contributed by atoms with E-state index in [1.165, 1.54) is 10.4 Å². The molecule has 1 atom stereocenters. The Balaban J connectivity index is 1.60. The highest BCUT2D eigenvalue weighted by Crippen LogP contribution is 2.27. The molecule has 168 valence electrons. The van der Waals surface area contributed by atoms with Gasteiger partial charge < -0.3 is 5.32 Å². The van der Waals surface area contributed by atoms with Gasteiger partial charge in [-0.15, -0.1) is 0 Å². The van der Waals surface area contributed by atoms with E-state index < -0.39 is 21.7 Å². The van der Waals surface area contributed by atoms with Gasteiger partial charge in [0.25, 0.3) is 5.91 Å². The topological polar surface area (TPSA) is 125 Å². The minimum atomic E-state index is -3.70. The van der Waals surface area contributed by atoms with Crippen molar-refractivity contribution in [1.82, 2.24) is 14.4 Å². The van der Waals surface area contributed by atoms with Crippen molar-refractivity contribution in [2.45, 2.75) is 44.0 Å². The third-order valence-corrected chi connectivity index (χ3v) is 7.65. The molecule has 2 N–H and O–H groups in total. The first kappa shape index (κ1) is 22.0. The van der Waals surface area contributed by atoms with Gasteiger partial charge in [0.2, 0.25) is 10.0 Å². The molecule has 1 fully saturated rings. The normalized spacial score (nSPS) is 17.2. The van der Waals surface area contributed by atoms with Crippen LogP contribution < -0.4 is 11.1 Å². The second-order valence-corrected chi connectivity index (χ2v) is 9.81. The number of nitrogens with zero attached hydrogens (tertiary/aromatic N) is 2. The number of aryl methyl sites for hydroxylation is 1. The second kappa shape index (κ2) is 8.71. The molecule has 1 aromatic heterocycles. The van der Waals surface area contributed by atoms with E-state index in [2.05, 4.69) is 20.0 Å². The zero-order valence-electron chi connectivity index (χ0n) is 17.8. The summed E-state index contributed by atoms with van der Waals surface area (Å²) in [5.41, 5.74) is 1.95. The molecule has 10 heteroatoms. The number of anilines is 1. The van der Waals surface area contributed by atoms with Gasteiger partial charge in [-0.2, -0.15) is 4.31 Å². The number of carbonyl (C=O) groups is 1. The van der Waals surface area contributed by atoms with Gasteiger partial charge in [0.15, 0.2) is 5.82 Å². The summed E-state index contributed by atoms with van der Waals surface area (Å²) in [7, 11) is -3.70. The Hall–Kier alpha value is -3.24. The molecule has 32 heavy (non-hydrogen) atoms. The van der Waals surface area contributed by atoms with E-state index in [0.717, 1.165) is 19.3 Å². The summed E-state index contributed by atoms with van der Waals surface area (Å²) in [6.45, 7) is 4.15. The molecule has 0 aliphatic carbocycles. The fourth-order valence-electron chi connectivity index (χ4n) is 3.87. The lowest BCUT2D eigenvalue weighted by Gasteiger charge is -2.32. The van der Waals surface area contributed by atoms with Crippen LogP contribution in [0.4, 0.5) is 5.69 Å². The Morgan fingerprint density at radius 1 is 1.22 bits per heavy atom. The predicted molar refractivity (Wildman–Crippen MR) is 119 cm³/mol. The first-order valence-corrected chi connectivity index (χ1v) is 11.8. The van der Waals surface area contributed by atoms with E-state index in [4.69, 9.17) is 0 Å². The number of piperidine rings is 1. The number of hydrogen-bond donors (Lipinski definition) is 2. The smallest absolute Gasteiger partial charge is 0.322 e. The monoisotopic (exact) mass is 456 g/mol. The van der Waals surface area contributed by atoms with Crippen molar-refractivity contribution in [3.8, 4) is 11.4 Å². The molecular weight excluding hydrogens is 432 g/mol. The van der Waals surface area contributed by atoms with E-state index in [9.17, 15) is 18.0 Å². The molecule has 9 nitrogen and oxygen atoms in total. The molecule has 1 amide bonds. The number of hydrogen-bond acceptors (Lipinski definition) is 6. The van der Waals surface area contributed by atoms with Crippen LogP contribution in [0.3, 0.4) is 0 Å². The van der Waals surface area contributed by atoms with Crippen molar-refractivity contribution < 1.29 is 17.7 Å². The summed E-state index contributed by atoms with van der Waals surface area (Å²) >= 11 is 0. The number of sulfonamides is 1. The molecule has 1 saturated heterocycles. The maximum absolute atomic E-state index is 13.2. The van der Waals surface area contributed by atoms with Crippen LogP contribution in [0.1, 0.15) is 42.1 Å². The Morgan fingerprint density at radius 3 is 2.75 bits per heavy atom. The van der Waals surface area contributed by atoms with Gasteiger partial charge in [-0.25, -0.2) is 13.2 Å². The minimum absolute atomic E-state index is 0.0713. The first-order chi connectivity index (χ1) is 15.3. The number of benzene rings is 2. The fourth-order valence-corrected chi connectivity index (χ4v) is 5.59. The average Bonchev–Trinajstić information content (AvgIpc) is 3.20.